The Bertz CT molecular complexity index is 452. The van der Waals surface area contributed by atoms with Crippen LogP contribution >= 0.6 is 10.4 Å². The maximum absolute atomic E-state index is 15.8. The molecule has 0 aromatic heterocycles. The lowest BCUT2D eigenvalue weighted by molar-refractivity contribution is 0.0697. The Hall–Kier alpha value is -1.03. The molecule has 0 radical (unpaired) electrons. The zero-order valence-corrected chi connectivity index (χ0v) is 13.3. The highest BCUT2D eigenvalue weighted by Crippen LogP contribution is 2.73. The molecule has 19 heavy (non-hydrogen) atoms. The van der Waals surface area contributed by atoms with Crippen LogP contribution in [0.25, 0.3) is 0 Å². The highest BCUT2D eigenvalue weighted by atomic mass is 32.3. The molecule has 1 N–H and O–H groups in total. The third-order valence-corrected chi connectivity index (χ3v) is 7.41. The van der Waals surface area contributed by atoms with Crippen molar-refractivity contribution >= 4 is 16.4 Å². The van der Waals surface area contributed by atoms with Crippen LogP contribution in [-0.2, 0) is 0 Å². The summed E-state index contributed by atoms with van der Waals surface area (Å²) < 4.78 is 14.8. The number of halogens is 1. The van der Waals surface area contributed by atoms with Crippen LogP contribution in [-0.4, -0.2) is 20.6 Å². The standard InChI is InChI=1S/C15H23FO2S/c1-14(2,3)19(16,15(4,5)6)12-9-7-11(8-10-12)13(17)18/h7-10H,1-6H3,(H,17,18). The van der Waals surface area contributed by atoms with E-state index in [4.69, 9.17) is 5.11 Å². The number of carbonyl (C=O) groups is 1. The Morgan fingerprint density at radius 2 is 1.37 bits per heavy atom. The molecule has 0 fully saturated rings. The van der Waals surface area contributed by atoms with Crippen molar-refractivity contribution in [3.05, 3.63) is 29.8 Å². The van der Waals surface area contributed by atoms with E-state index < -0.39 is 25.9 Å². The third-order valence-electron chi connectivity index (χ3n) is 3.11. The lowest BCUT2D eigenvalue weighted by Crippen LogP contribution is -2.35. The monoisotopic (exact) mass is 286 g/mol. The highest BCUT2D eigenvalue weighted by molar-refractivity contribution is 8.31. The van der Waals surface area contributed by atoms with Crippen LogP contribution in [0, 0.1) is 0 Å². The van der Waals surface area contributed by atoms with E-state index in [1.807, 2.05) is 41.5 Å². The molecule has 0 aliphatic rings. The van der Waals surface area contributed by atoms with Gasteiger partial charge in [0.1, 0.15) is 0 Å². The second-order valence-corrected chi connectivity index (χ2v) is 10.6. The molecule has 0 amide bonds. The second-order valence-electron chi connectivity index (χ2n) is 6.59. The van der Waals surface area contributed by atoms with E-state index in [1.54, 1.807) is 12.1 Å². The quantitative estimate of drug-likeness (QED) is 0.828. The Balaban J connectivity index is 3.40. The van der Waals surface area contributed by atoms with Crippen LogP contribution in [0.4, 0.5) is 3.89 Å². The lowest BCUT2D eigenvalue weighted by Gasteiger charge is -2.52. The minimum Gasteiger partial charge on any atom is -0.478 e. The van der Waals surface area contributed by atoms with E-state index in [1.165, 1.54) is 12.1 Å². The molecule has 1 aromatic rings. The number of rotatable bonds is 2. The molecule has 108 valence electrons. The Morgan fingerprint density at radius 3 is 1.63 bits per heavy atom. The van der Waals surface area contributed by atoms with Crippen molar-refractivity contribution in [3.8, 4) is 0 Å². The molecule has 1 aromatic carbocycles. The number of carboxylic acid groups (broad SMARTS) is 1. The summed E-state index contributed by atoms with van der Waals surface area (Å²) in [6.45, 7) is 11.4. The van der Waals surface area contributed by atoms with Gasteiger partial charge >= 0.3 is 5.97 Å². The summed E-state index contributed by atoms with van der Waals surface area (Å²) in [6, 6.07) is 6.21. The summed E-state index contributed by atoms with van der Waals surface area (Å²) in [6.07, 6.45) is 0. The molecule has 1 rings (SSSR count). The summed E-state index contributed by atoms with van der Waals surface area (Å²) in [4.78, 5) is 11.5. The minimum absolute atomic E-state index is 0.188. The van der Waals surface area contributed by atoms with Gasteiger partial charge < -0.3 is 5.11 Å². The lowest BCUT2D eigenvalue weighted by atomic mass is 10.2. The van der Waals surface area contributed by atoms with E-state index in [9.17, 15) is 4.79 Å². The topological polar surface area (TPSA) is 37.3 Å². The van der Waals surface area contributed by atoms with Gasteiger partial charge in [0.2, 0.25) is 0 Å². The van der Waals surface area contributed by atoms with Crippen molar-refractivity contribution in [3.63, 3.8) is 0 Å². The van der Waals surface area contributed by atoms with Crippen LogP contribution in [0.2, 0.25) is 0 Å². The summed E-state index contributed by atoms with van der Waals surface area (Å²) >= 11 is 0. The van der Waals surface area contributed by atoms with Crippen molar-refractivity contribution in [1.82, 2.24) is 0 Å². The maximum Gasteiger partial charge on any atom is 0.335 e. The average molecular weight is 286 g/mol. The predicted molar refractivity (Wildman–Crippen MR) is 79.9 cm³/mol. The van der Waals surface area contributed by atoms with Gasteiger partial charge in [0.15, 0.2) is 0 Å². The smallest absolute Gasteiger partial charge is 0.335 e. The number of hydrogen-bond donors (Lipinski definition) is 1. The fourth-order valence-corrected chi connectivity index (χ4v) is 6.17. The van der Waals surface area contributed by atoms with Gasteiger partial charge in [0, 0.05) is 14.4 Å². The summed E-state index contributed by atoms with van der Waals surface area (Å²) in [7, 11) is -2.59. The van der Waals surface area contributed by atoms with Crippen molar-refractivity contribution < 1.29 is 13.8 Å². The molecule has 0 aliphatic carbocycles. The van der Waals surface area contributed by atoms with Gasteiger partial charge in [-0.05, 0) is 65.8 Å². The van der Waals surface area contributed by atoms with Gasteiger partial charge in [-0.1, -0.05) is 10.4 Å². The first kappa shape index (κ1) is 16.0. The Labute approximate surface area is 116 Å². The minimum atomic E-state index is -2.59. The van der Waals surface area contributed by atoms with Gasteiger partial charge in [-0.3, -0.25) is 0 Å². The first-order valence-electron chi connectivity index (χ1n) is 6.27. The molecule has 0 aliphatic heterocycles. The molecule has 4 heteroatoms. The van der Waals surface area contributed by atoms with Crippen molar-refractivity contribution in [2.75, 3.05) is 0 Å². The van der Waals surface area contributed by atoms with Gasteiger partial charge in [0.25, 0.3) is 0 Å². The number of carboxylic acids is 1. The molecule has 0 saturated heterocycles. The highest BCUT2D eigenvalue weighted by Gasteiger charge is 2.47. The average Bonchev–Trinajstić information content (AvgIpc) is 2.25. The first-order valence-corrected chi connectivity index (χ1v) is 7.80. The van der Waals surface area contributed by atoms with E-state index in [2.05, 4.69) is 0 Å². The molecule has 0 spiro atoms. The fraction of sp³-hybridized carbons (Fsp3) is 0.533. The van der Waals surface area contributed by atoms with Crippen molar-refractivity contribution in [1.29, 1.82) is 0 Å². The van der Waals surface area contributed by atoms with Gasteiger partial charge in [0.05, 0.1) is 5.56 Å². The molecule has 2 nitrogen and oxygen atoms in total. The zero-order chi connectivity index (χ0) is 15.1. The van der Waals surface area contributed by atoms with Gasteiger partial charge in [-0.2, -0.15) is 3.89 Å². The number of benzene rings is 1. The van der Waals surface area contributed by atoms with Gasteiger partial charge in [-0.15, -0.1) is 0 Å². The molecular formula is C15H23FO2S. The zero-order valence-electron chi connectivity index (χ0n) is 12.5. The van der Waals surface area contributed by atoms with E-state index >= 15 is 3.89 Å². The number of hydrogen-bond acceptors (Lipinski definition) is 1. The van der Waals surface area contributed by atoms with Crippen LogP contribution in [0.3, 0.4) is 0 Å². The number of aromatic carboxylic acids is 1. The Kier molecular flexibility index (Phi) is 4.06. The van der Waals surface area contributed by atoms with E-state index in [-0.39, 0.29) is 5.56 Å². The summed E-state index contributed by atoms with van der Waals surface area (Å²) in [5, 5.41) is 8.91. The third kappa shape index (κ3) is 2.78. The van der Waals surface area contributed by atoms with Crippen LogP contribution in [0.5, 0.6) is 0 Å². The van der Waals surface area contributed by atoms with Crippen LogP contribution in [0.1, 0.15) is 51.9 Å². The fourth-order valence-electron chi connectivity index (χ4n) is 2.41. The Morgan fingerprint density at radius 1 is 1.00 bits per heavy atom. The molecule has 0 unspecified atom stereocenters. The van der Waals surface area contributed by atoms with E-state index in [0.29, 0.717) is 4.90 Å². The van der Waals surface area contributed by atoms with E-state index in [0.717, 1.165) is 0 Å². The largest absolute Gasteiger partial charge is 0.478 e. The normalized spacial score (nSPS) is 14.3. The van der Waals surface area contributed by atoms with Crippen LogP contribution in [0.15, 0.2) is 29.2 Å². The summed E-state index contributed by atoms with van der Waals surface area (Å²) in [5.41, 5.74) is 0.188. The molecule has 0 atom stereocenters. The molecule has 0 saturated carbocycles. The van der Waals surface area contributed by atoms with Crippen LogP contribution < -0.4 is 0 Å². The predicted octanol–water partition coefficient (Wildman–Crippen LogP) is 5.03. The second kappa shape index (κ2) is 4.82. The van der Waals surface area contributed by atoms with Crippen molar-refractivity contribution in [2.45, 2.75) is 55.9 Å². The maximum atomic E-state index is 15.8. The van der Waals surface area contributed by atoms with Gasteiger partial charge in [-0.25, -0.2) is 4.79 Å². The SMILES string of the molecule is CC(C)(C)S(F)(c1ccc(C(=O)O)cc1)C(C)(C)C. The molecule has 0 bridgehead atoms. The summed E-state index contributed by atoms with van der Waals surface area (Å²) in [5.74, 6) is -0.988. The molecule has 0 heterocycles. The molecular weight excluding hydrogens is 263 g/mol. The first-order chi connectivity index (χ1) is 8.41. The van der Waals surface area contributed by atoms with Crippen molar-refractivity contribution in [2.24, 2.45) is 0 Å².